The van der Waals surface area contributed by atoms with Crippen molar-refractivity contribution in [2.24, 2.45) is 0 Å². The van der Waals surface area contributed by atoms with E-state index in [9.17, 15) is 4.79 Å². The third-order valence-corrected chi connectivity index (χ3v) is 3.79. The second-order valence-electron chi connectivity index (χ2n) is 3.82. The lowest BCUT2D eigenvalue weighted by molar-refractivity contribution is -0.119. The Bertz CT molecular complexity index is 367. The first-order valence-electron chi connectivity index (χ1n) is 5.24. The molecule has 1 unspecified atom stereocenters. The van der Waals surface area contributed by atoms with Crippen LogP contribution in [0.15, 0.2) is 17.4 Å². The predicted molar refractivity (Wildman–Crippen MR) is 59.9 cm³/mol. The molecular weight excluding hydrogens is 208 g/mol. The zero-order valence-corrected chi connectivity index (χ0v) is 9.59. The molecule has 0 aromatic carbocycles. The van der Waals surface area contributed by atoms with Crippen LogP contribution in [0.3, 0.4) is 0 Å². The number of aromatic nitrogens is 2. The van der Waals surface area contributed by atoms with Gasteiger partial charge in [-0.15, -0.1) is 0 Å². The van der Waals surface area contributed by atoms with E-state index in [0.717, 1.165) is 36.4 Å². The molecule has 1 saturated carbocycles. The molecule has 80 valence electrons. The monoisotopic (exact) mass is 222 g/mol. The van der Waals surface area contributed by atoms with Crippen molar-refractivity contribution in [1.29, 1.82) is 0 Å². The quantitative estimate of drug-likeness (QED) is 0.721. The number of carbonyl (C=O) groups excluding carboxylic acids is 1. The zero-order valence-electron chi connectivity index (χ0n) is 8.77. The summed E-state index contributed by atoms with van der Waals surface area (Å²) in [4.78, 5) is 19.8. The van der Waals surface area contributed by atoms with Crippen molar-refractivity contribution in [3.05, 3.63) is 18.1 Å². The maximum absolute atomic E-state index is 11.6. The predicted octanol–water partition coefficient (Wildman–Crippen LogP) is 2.39. The average molecular weight is 222 g/mol. The number of Topliss-reactive ketones (excluding diaryl/α,β-unsaturated/α-hetero) is 1. The Hall–Kier alpha value is -0.900. The van der Waals surface area contributed by atoms with Crippen LogP contribution in [0.25, 0.3) is 0 Å². The number of rotatable bonds is 2. The summed E-state index contributed by atoms with van der Waals surface area (Å²) in [6.45, 7) is 1.94. The first kappa shape index (κ1) is 10.6. The molecule has 1 aliphatic rings. The lowest BCUT2D eigenvalue weighted by Gasteiger charge is -2.19. The fraction of sp³-hybridized carbons (Fsp3) is 0.545. The van der Waals surface area contributed by atoms with E-state index in [0.29, 0.717) is 5.78 Å². The van der Waals surface area contributed by atoms with Crippen molar-refractivity contribution in [2.75, 3.05) is 0 Å². The number of aryl methyl sites for hydroxylation is 1. The van der Waals surface area contributed by atoms with E-state index in [2.05, 4.69) is 9.97 Å². The smallest absolute Gasteiger partial charge is 0.146 e. The van der Waals surface area contributed by atoms with E-state index in [1.165, 1.54) is 0 Å². The highest BCUT2D eigenvalue weighted by Gasteiger charge is 2.23. The molecule has 1 aliphatic carbocycles. The van der Waals surface area contributed by atoms with Crippen LogP contribution in [-0.2, 0) is 4.79 Å². The number of nitrogens with zero attached hydrogens (tertiary/aromatic N) is 2. The maximum Gasteiger partial charge on any atom is 0.146 e. The van der Waals surface area contributed by atoms with Gasteiger partial charge in [-0.25, -0.2) is 9.97 Å². The molecule has 1 fully saturated rings. The van der Waals surface area contributed by atoms with Gasteiger partial charge in [0.05, 0.1) is 5.25 Å². The fourth-order valence-corrected chi connectivity index (χ4v) is 2.89. The van der Waals surface area contributed by atoms with E-state index < -0.39 is 0 Å². The van der Waals surface area contributed by atoms with E-state index in [1.807, 2.05) is 13.0 Å². The summed E-state index contributed by atoms with van der Waals surface area (Å²) in [6, 6.07) is 1.94. The van der Waals surface area contributed by atoms with Crippen LogP contribution >= 0.6 is 11.8 Å². The van der Waals surface area contributed by atoms with E-state index in [4.69, 9.17) is 0 Å². The summed E-state index contributed by atoms with van der Waals surface area (Å²) < 4.78 is 0. The highest BCUT2D eigenvalue weighted by atomic mass is 32.2. The van der Waals surface area contributed by atoms with Crippen molar-refractivity contribution < 1.29 is 4.79 Å². The summed E-state index contributed by atoms with van der Waals surface area (Å²) in [7, 11) is 0. The molecule has 0 bridgehead atoms. The van der Waals surface area contributed by atoms with Gasteiger partial charge in [-0.3, -0.25) is 4.79 Å². The Balaban J connectivity index is 2.04. The Morgan fingerprint density at radius 1 is 1.40 bits per heavy atom. The summed E-state index contributed by atoms with van der Waals surface area (Å²) >= 11 is 1.59. The molecule has 3 nitrogen and oxygen atoms in total. The lowest BCUT2D eigenvalue weighted by atomic mass is 9.99. The third-order valence-electron chi connectivity index (χ3n) is 2.54. The highest BCUT2D eigenvalue weighted by molar-refractivity contribution is 8.00. The number of ketones is 1. The van der Waals surface area contributed by atoms with Crippen LogP contribution in [0.4, 0.5) is 0 Å². The lowest BCUT2D eigenvalue weighted by Crippen LogP contribution is -2.21. The van der Waals surface area contributed by atoms with Gasteiger partial charge >= 0.3 is 0 Å². The van der Waals surface area contributed by atoms with Gasteiger partial charge < -0.3 is 0 Å². The molecule has 0 radical (unpaired) electrons. The molecule has 1 aromatic rings. The molecule has 0 saturated heterocycles. The maximum atomic E-state index is 11.6. The molecule has 0 aliphatic heterocycles. The van der Waals surface area contributed by atoms with Gasteiger partial charge in [0.1, 0.15) is 17.1 Å². The molecule has 1 atom stereocenters. The fourth-order valence-electron chi connectivity index (χ4n) is 1.72. The first-order valence-corrected chi connectivity index (χ1v) is 6.12. The topological polar surface area (TPSA) is 42.9 Å². The minimum absolute atomic E-state index is 0.119. The van der Waals surface area contributed by atoms with E-state index in [-0.39, 0.29) is 5.25 Å². The Morgan fingerprint density at radius 2 is 2.27 bits per heavy atom. The van der Waals surface area contributed by atoms with Gasteiger partial charge in [-0.1, -0.05) is 18.2 Å². The van der Waals surface area contributed by atoms with Crippen LogP contribution in [0.1, 0.15) is 31.4 Å². The van der Waals surface area contributed by atoms with Gasteiger partial charge in [0.2, 0.25) is 0 Å². The van der Waals surface area contributed by atoms with Crippen molar-refractivity contribution in [3.8, 4) is 0 Å². The van der Waals surface area contributed by atoms with Crippen LogP contribution < -0.4 is 0 Å². The summed E-state index contributed by atoms with van der Waals surface area (Å²) in [6.07, 6.45) is 5.51. The normalized spacial score (nSPS) is 21.7. The van der Waals surface area contributed by atoms with Crippen molar-refractivity contribution in [1.82, 2.24) is 9.97 Å². The van der Waals surface area contributed by atoms with Gasteiger partial charge in [-0.05, 0) is 25.8 Å². The number of hydrogen-bond donors (Lipinski definition) is 0. The van der Waals surface area contributed by atoms with Crippen molar-refractivity contribution in [3.63, 3.8) is 0 Å². The SMILES string of the molecule is Cc1cc(SC2CCCCC2=O)ncn1. The van der Waals surface area contributed by atoms with Crippen LogP contribution in [-0.4, -0.2) is 21.0 Å². The second-order valence-corrected chi connectivity index (χ2v) is 5.04. The third kappa shape index (κ3) is 2.78. The molecule has 0 amide bonds. The number of thioether (sulfide) groups is 1. The molecule has 15 heavy (non-hydrogen) atoms. The first-order chi connectivity index (χ1) is 7.25. The van der Waals surface area contributed by atoms with Crippen LogP contribution in [0, 0.1) is 6.92 Å². The molecule has 0 N–H and O–H groups in total. The van der Waals surface area contributed by atoms with E-state index >= 15 is 0 Å². The number of hydrogen-bond acceptors (Lipinski definition) is 4. The number of carbonyl (C=O) groups is 1. The summed E-state index contributed by atoms with van der Waals surface area (Å²) in [5, 5.41) is 1.04. The van der Waals surface area contributed by atoms with Gasteiger partial charge in [0.15, 0.2) is 0 Å². The largest absolute Gasteiger partial charge is 0.298 e. The Labute approximate surface area is 93.7 Å². The molecule has 2 rings (SSSR count). The molecular formula is C11H14N2OS. The van der Waals surface area contributed by atoms with Crippen LogP contribution in [0.2, 0.25) is 0 Å². The standard InChI is InChI=1S/C11H14N2OS/c1-8-6-11(13-7-12-8)15-10-5-3-2-4-9(10)14/h6-7,10H,2-5H2,1H3. The van der Waals surface area contributed by atoms with Crippen molar-refractivity contribution >= 4 is 17.5 Å². The van der Waals surface area contributed by atoms with Gasteiger partial charge in [-0.2, -0.15) is 0 Å². The molecule has 0 spiro atoms. The molecule has 4 heteroatoms. The van der Waals surface area contributed by atoms with Crippen LogP contribution in [0.5, 0.6) is 0 Å². The Morgan fingerprint density at radius 3 is 3.00 bits per heavy atom. The molecule has 1 heterocycles. The second kappa shape index (κ2) is 4.75. The molecule has 1 aromatic heterocycles. The zero-order chi connectivity index (χ0) is 10.7. The minimum Gasteiger partial charge on any atom is -0.298 e. The van der Waals surface area contributed by atoms with Gasteiger partial charge in [0.25, 0.3) is 0 Å². The van der Waals surface area contributed by atoms with Gasteiger partial charge in [0, 0.05) is 12.1 Å². The summed E-state index contributed by atoms with van der Waals surface area (Å²) in [5.74, 6) is 0.377. The minimum atomic E-state index is 0.119. The van der Waals surface area contributed by atoms with Crippen molar-refractivity contribution in [2.45, 2.75) is 42.9 Å². The summed E-state index contributed by atoms with van der Waals surface area (Å²) in [5.41, 5.74) is 0.954. The highest BCUT2D eigenvalue weighted by Crippen LogP contribution is 2.30. The average Bonchev–Trinajstić information content (AvgIpc) is 2.22. The van der Waals surface area contributed by atoms with E-state index in [1.54, 1.807) is 18.1 Å². The Kier molecular flexibility index (Phi) is 3.36.